The zero-order valence-electron chi connectivity index (χ0n) is 9.97. The Morgan fingerprint density at radius 2 is 2.06 bits per heavy atom. The lowest BCUT2D eigenvalue weighted by Crippen LogP contribution is -2.38. The summed E-state index contributed by atoms with van der Waals surface area (Å²) in [5.41, 5.74) is -1.87. The van der Waals surface area contributed by atoms with E-state index >= 15 is 0 Å². The van der Waals surface area contributed by atoms with Crippen LogP contribution in [0.25, 0.3) is 0 Å². The van der Waals surface area contributed by atoms with Crippen molar-refractivity contribution in [3.05, 3.63) is 5.89 Å². The van der Waals surface area contributed by atoms with E-state index in [0.717, 1.165) is 13.0 Å². The first-order valence-electron chi connectivity index (χ1n) is 5.85. The van der Waals surface area contributed by atoms with Gasteiger partial charge in [-0.3, -0.25) is 0 Å². The minimum Gasteiger partial charge on any atom is -0.407 e. The van der Waals surface area contributed by atoms with E-state index in [-0.39, 0.29) is 24.7 Å². The van der Waals surface area contributed by atoms with E-state index in [1.54, 1.807) is 0 Å². The number of aromatic nitrogens is 2. The lowest BCUT2D eigenvalue weighted by molar-refractivity contribution is -0.151. The molecule has 5 nitrogen and oxygen atoms in total. The van der Waals surface area contributed by atoms with E-state index < -0.39 is 11.7 Å². The van der Waals surface area contributed by atoms with Gasteiger partial charge in [-0.25, -0.2) is 0 Å². The molecule has 1 aromatic heterocycles. The number of alkyl halides is 3. The summed E-state index contributed by atoms with van der Waals surface area (Å²) in [4.78, 5) is 0. The first kappa shape index (κ1) is 13.1. The number of nitrogens with zero attached hydrogens (tertiary/aromatic N) is 2. The first-order valence-corrected chi connectivity index (χ1v) is 5.85. The largest absolute Gasteiger partial charge is 0.411 e. The lowest BCUT2D eigenvalue weighted by Gasteiger charge is -2.18. The van der Waals surface area contributed by atoms with Gasteiger partial charge in [-0.1, -0.05) is 12.0 Å². The zero-order chi connectivity index (χ0) is 13.2. The van der Waals surface area contributed by atoms with Gasteiger partial charge in [0.1, 0.15) is 5.54 Å². The molecule has 1 aliphatic carbocycles. The Morgan fingerprint density at radius 1 is 1.33 bits per heavy atom. The summed E-state index contributed by atoms with van der Waals surface area (Å²) in [7, 11) is 0. The van der Waals surface area contributed by atoms with Crippen molar-refractivity contribution >= 4 is 6.01 Å². The van der Waals surface area contributed by atoms with E-state index in [1.165, 1.54) is 0 Å². The highest BCUT2D eigenvalue weighted by molar-refractivity contribution is 5.32. The van der Waals surface area contributed by atoms with Crippen LogP contribution in [0.3, 0.4) is 0 Å². The Labute approximate surface area is 102 Å². The number of nitrogens with one attached hydrogen (secondary N) is 2. The number of hydrogen-bond acceptors (Lipinski definition) is 5. The third kappa shape index (κ3) is 2.74. The van der Waals surface area contributed by atoms with Crippen LogP contribution in [0.1, 0.15) is 32.1 Å². The van der Waals surface area contributed by atoms with Crippen molar-refractivity contribution in [1.29, 1.82) is 0 Å². The highest BCUT2D eigenvalue weighted by Crippen LogP contribution is 2.50. The molecule has 0 atom stereocenters. The second-order valence-corrected chi connectivity index (χ2v) is 4.38. The fraction of sp³-hybridized carbons (Fsp3) is 0.800. The van der Waals surface area contributed by atoms with Crippen molar-refractivity contribution in [1.82, 2.24) is 15.5 Å². The van der Waals surface area contributed by atoms with Crippen molar-refractivity contribution in [2.45, 2.75) is 44.4 Å². The molecule has 102 valence electrons. The molecule has 0 unspecified atom stereocenters. The summed E-state index contributed by atoms with van der Waals surface area (Å²) in [6.45, 7) is 3.16. The topological polar surface area (TPSA) is 63.0 Å². The van der Waals surface area contributed by atoms with Crippen LogP contribution in [0, 0.1) is 0 Å². The van der Waals surface area contributed by atoms with Crippen molar-refractivity contribution in [3.8, 4) is 0 Å². The van der Waals surface area contributed by atoms with E-state index in [0.29, 0.717) is 6.54 Å². The van der Waals surface area contributed by atoms with Gasteiger partial charge in [-0.15, -0.1) is 5.10 Å². The second-order valence-electron chi connectivity index (χ2n) is 4.38. The molecule has 0 aromatic carbocycles. The maximum Gasteiger partial charge on any atom is 0.411 e. The molecule has 1 aliphatic rings. The summed E-state index contributed by atoms with van der Waals surface area (Å²) in [6, 6.07) is -0.168. The van der Waals surface area contributed by atoms with Crippen LogP contribution in [-0.2, 0) is 6.54 Å². The molecule has 2 rings (SSSR count). The number of halogens is 3. The molecule has 0 bridgehead atoms. The Balaban J connectivity index is 1.91. The van der Waals surface area contributed by atoms with Gasteiger partial charge < -0.3 is 15.1 Å². The number of anilines is 1. The van der Waals surface area contributed by atoms with Gasteiger partial charge >= 0.3 is 12.2 Å². The summed E-state index contributed by atoms with van der Waals surface area (Å²) in [5.74, 6) is 0.281. The fourth-order valence-corrected chi connectivity index (χ4v) is 1.56. The Hall–Kier alpha value is -1.31. The minimum absolute atomic E-state index is 0.0439. The Bertz CT molecular complexity index is 400. The molecule has 1 fully saturated rings. The second kappa shape index (κ2) is 4.75. The summed E-state index contributed by atoms with van der Waals surface area (Å²) in [5, 5.41) is 12.6. The maximum atomic E-state index is 12.7. The molecule has 1 aromatic rings. The minimum atomic E-state index is -4.29. The molecule has 1 saturated carbocycles. The van der Waals surface area contributed by atoms with Gasteiger partial charge in [-0.2, -0.15) is 13.2 Å². The normalized spacial score (nSPS) is 17.8. The predicted octanol–water partition coefficient (Wildman–Crippen LogP) is 2.08. The van der Waals surface area contributed by atoms with Crippen LogP contribution in [0.2, 0.25) is 0 Å². The van der Waals surface area contributed by atoms with Gasteiger partial charge in [0.25, 0.3) is 0 Å². The van der Waals surface area contributed by atoms with Crippen LogP contribution in [-0.4, -0.2) is 28.5 Å². The molecular formula is C10H15F3N4O. The molecule has 0 saturated heterocycles. The van der Waals surface area contributed by atoms with Gasteiger partial charge in [0.05, 0.1) is 6.54 Å². The van der Waals surface area contributed by atoms with Crippen molar-refractivity contribution in [2.75, 3.05) is 11.9 Å². The number of rotatable bonds is 6. The quantitative estimate of drug-likeness (QED) is 0.770. The molecule has 18 heavy (non-hydrogen) atoms. The molecule has 0 aliphatic heterocycles. The molecular weight excluding hydrogens is 249 g/mol. The van der Waals surface area contributed by atoms with Gasteiger partial charge in [0.15, 0.2) is 0 Å². The highest BCUT2D eigenvalue weighted by atomic mass is 19.4. The molecule has 0 radical (unpaired) electrons. The van der Waals surface area contributed by atoms with Gasteiger partial charge in [0, 0.05) is 0 Å². The summed E-state index contributed by atoms with van der Waals surface area (Å²) < 4.78 is 43.1. The van der Waals surface area contributed by atoms with Crippen molar-refractivity contribution in [3.63, 3.8) is 0 Å². The first-order chi connectivity index (χ1) is 8.47. The lowest BCUT2D eigenvalue weighted by atomic mass is 10.3. The third-order valence-corrected chi connectivity index (χ3v) is 2.81. The van der Waals surface area contributed by atoms with Gasteiger partial charge in [0.2, 0.25) is 5.89 Å². The Kier molecular flexibility index (Phi) is 3.47. The summed E-state index contributed by atoms with van der Waals surface area (Å²) in [6.07, 6.45) is -3.25. The highest BCUT2D eigenvalue weighted by Gasteiger charge is 2.64. The van der Waals surface area contributed by atoms with Crippen LogP contribution >= 0.6 is 0 Å². The molecule has 0 amide bonds. The van der Waals surface area contributed by atoms with E-state index in [4.69, 9.17) is 4.42 Å². The fourth-order valence-electron chi connectivity index (χ4n) is 1.56. The van der Waals surface area contributed by atoms with Crippen LogP contribution in [0.15, 0.2) is 4.42 Å². The molecule has 0 spiro atoms. The Morgan fingerprint density at radius 3 is 2.61 bits per heavy atom. The van der Waals surface area contributed by atoms with Crippen molar-refractivity contribution < 1.29 is 17.6 Å². The average molecular weight is 264 g/mol. The smallest absolute Gasteiger partial charge is 0.407 e. The van der Waals surface area contributed by atoms with E-state index in [9.17, 15) is 13.2 Å². The molecule has 8 heteroatoms. The zero-order valence-corrected chi connectivity index (χ0v) is 9.97. The van der Waals surface area contributed by atoms with Crippen LogP contribution in [0.5, 0.6) is 0 Å². The van der Waals surface area contributed by atoms with Crippen molar-refractivity contribution in [2.24, 2.45) is 0 Å². The van der Waals surface area contributed by atoms with E-state index in [2.05, 4.69) is 20.8 Å². The molecule has 2 N–H and O–H groups in total. The van der Waals surface area contributed by atoms with Gasteiger partial charge in [-0.05, 0) is 25.8 Å². The standard InChI is InChI=1S/C10H15F3N4O/c1-2-5-14-6-7-16-17-8(18-7)15-9(3-4-9)10(11,12)13/h14H,2-6H2,1H3,(H,15,17). The maximum absolute atomic E-state index is 12.7. The van der Waals surface area contributed by atoms with E-state index in [1.807, 2.05) is 6.92 Å². The molecule has 1 heterocycles. The van der Waals surface area contributed by atoms with Crippen LogP contribution in [0.4, 0.5) is 19.2 Å². The van der Waals surface area contributed by atoms with Crippen LogP contribution < -0.4 is 10.6 Å². The monoisotopic (exact) mass is 264 g/mol. The average Bonchev–Trinajstić information content (AvgIpc) is 2.94. The predicted molar refractivity (Wildman–Crippen MR) is 57.9 cm³/mol. The number of hydrogen-bond donors (Lipinski definition) is 2. The third-order valence-electron chi connectivity index (χ3n) is 2.81. The summed E-state index contributed by atoms with van der Waals surface area (Å²) >= 11 is 0. The SMILES string of the molecule is CCCNCc1nnc(NC2(C(F)(F)F)CC2)o1.